The number of amides is 1. The lowest BCUT2D eigenvalue weighted by Gasteiger charge is -2.19. The molecule has 0 aliphatic carbocycles. The first-order valence-electron chi connectivity index (χ1n) is 5.26. The zero-order valence-corrected chi connectivity index (χ0v) is 10.4. The van der Waals surface area contributed by atoms with Gasteiger partial charge in [-0.15, -0.1) is 0 Å². The lowest BCUT2D eigenvalue weighted by Crippen LogP contribution is -2.32. The van der Waals surface area contributed by atoms with Crippen LogP contribution in [0, 0.1) is 0 Å². The molecule has 0 N–H and O–H groups in total. The largest absolute Gasteiger partial charge is 0.338 e. The molecule has 1 aliphatic heterocycles. The summed E-state index contributed by atoms with van der Waals surface area (Å²) >= 11 is 7.68. The quantitative estimate of drug-likeness (QED) is 0.723. The first-order chi connectivity index (χ1) is 7.77. The fraction of sp³-hybridized carbons (Fsp3) is 0.455. The minimum absolute atomic E-state index is 0.0619. The predicted octanol–water partition coefficient (Wildman–Crippen LogP) is 2.31. The second-order valence-electron chi connectivity index (χ2n) is 3.63. The Morgan fingerprint density at radius 2 is 2.31 bits per heavy atom. The Kier molecular flexibility index (Phi) is 4.07. The third kappa shape index (κ3) is 2.89. The third-order valence-corrected chi connectivity index (χ3v) is 3.74. The maximum atomic E-state index is 12.1. The van der Waals surface area contributed by atoms with E-state index in [-0.39, 0.29) is 5.91 Å². The van der Waals surface area contributed by atoms with Crippen molar-refractivity contribution in [1.82, 2.24) is 9.88 Å². The summed E-state index contributed by atoms with van der Waals surface area (Å²) in [4.78, 5) is 17.9. The molecule has 2 rings (SSSR count). The molecule has 0 spiro atoms. The van der Waals surface area contributed by atoms with Crippen molar-refractivity contribution in [3.05, 3.63) is 29.0 Å². The van der Waals surface area contributed by atoms with Gasteiger partial charge in [-0.05, 0) is 24.3 Å². The van der Waals surface area contributed by atoms with E-state index < -0.39 is 0 Å². The van der Waals surface area contributed by atoms with Gasteiger partial charge in [-0.25, -0.2) is 4.98 Å². The van der Waals surface area contributed by atoms with Gasteiger partial charge < -0.3 is 4.90 Å². The zero-order chi connectivity index (χ0) is 11.4. The van der Waals surface area contributed by atoms with Crippen LogP contribution in [0.5, 0.6) is 0 Å². The standard InChI is InChI=1S/C11H13ClN2OS/c12-10-8-9(2-3-13-10)11(15)14-4-1-6-16-7-5-14/h2-3,8H,1,4-7H2. The van der Waals surface area contributed by atoms with E-state index in [2.05, 4.69) is 4.98 Å². The number of hydrogen-bond acceptors (Lipinski definition) is 3. The average molecular weight is 257 g/mol. The van der Waals surface area contributed by atoms with Crippen LogP contribution in [0.15, 0.2) is 18.3 Å². The number of carbonyl (C=O) groups excluding carboxylic acids is 1. The van der Waals surface area contributed by atoms with Gasteiger partial charge in [0.1, 0.15) is 5.15 Å². The fourth-order valence-corrected chi connectivity index (χ4v) is 2.73. The van der Waals surface area contributed by atoms with Crippen LogP contribution < -0.4 is 0 Å². The lowest BCUT2D eigenvalue weighted by atomic mass is 10.2. The Morgan fingerprint density at radius 3 is 3.12 bits per heavy atom. The molecular weight excluding hydrogens is 244 g/mol. The second kappa shape index (κ2) is 5.55. The van der Waals surface area contributed by atoms with Crippen LogP contribution in [0.3, 0.4) is 0 Å². The van der Waals surface area contributed by atoms with Crippen molar-refractivity contribution in [2.75, 3.05) is 24.6 Å². The SMILES string of the molecule is O=C(c1ccnc(Cl)c1)N1CCCSCC1. The molecule has 0 bridgehead atoms. The molecule has 2 heterocycles. The van der Waals surface area contributed by atoms with Crippen molar-refractivity contribution >= 4 is 29.3 Å². The molecule has 1 amide bonds. The molecule has 86 valence electrons. The molecule has 1 aromatic rings. The topological polar surface area (TPSA) is 33.2 Å². The van der Waals surface area contributed by atoms with Crippen molar-refractivity contribution in [2.45, 2.75) is 6.42 Å². The smallest absolute Gasteiger partial charge is 0.254 e. The van der Waals surface area contributed by atoms with E-state index in [1.165, 1.54) is 0 Å². The van der Waals surface area contributed by atoms with E-state index in [0.29, 0.717) is 10.7 Å². The Labute approximate surface area is 104 Å². The number of hydrogen-bond donors (Lipinski definition) is 0. The molecular formula is C11H13ClN2OS. The van der Waals surface area contributed by atoms with E-state index >= 15 is 0 Å². The number of thioether (sulfide) groups is 1. The highest BCUT2D eigenvalue weighted by Crippen LogP contribution is 2.14. The first kappa shape index (κ1) is 11.7. The van der Waals surface area contributed by atoms with Crippen LogP contribution in [-0.2, 0) is 0 Å². The van der Waals surface area contributed by atoms with Crippen molar-refractivity contribution in [2.24, 2.45) is 0 Å². The molecule has 1 saturated heterocycles. The van der Waals surface area contributed by atoms with Gasteiger partial charge in [0.15, 0.2) is 0 Å². The van der Waals surface area contributed by atoms with Crippen LogP contribution in [-0.4, -0.2) is 40.4 Å². The highest BCUT2D eigenvalue weighted by molar-refractivity contribution is 7.99. The Hall–Kier alpha value is -0.740. The summed E-state index contributed by atoms with van der Waals surface area (Å²) in [6.07, 6.45) is 2.64. The molecule has 16 heavy (non-hydrogen) atoms. The van der Waals surface area contributed by atoms with Crippen LogP contribution in [0.2, 0.25) is 5.15 Å². The van der Waals surface area contributed by atoms with Gasteiger partial charge in [-0.3, -0.25) is 4.79 Å². The van der Waals surface area contributed by atoms with Crippen molar-refractivity contribution in [1.29, 1.82) is 0 Å². The minimum Gasteiger partial charge on any atom is -0.338 e. The van der Waals surface area contributed by atoms with E-state index in [0.717, 1.165) is 31.0 Å². The number of pyridine rings is 1. The summed E-state index contributed by atoms with van der Waals surface area (Å²) in [6.45, 7) is 1.66. The van der Waals surface area contributed by atoms with Gasteiger partial charge in [0.05, 0.1) is 0 Å². The van der Waals surface area contributed by atoms with Crippen molar-refractivity contribution in [3.63, 3.8) is 0 Å². The highest BCUT2D eigenvalue weighted by atomic mass is 35.5. The van der Waals surface area contributed by atoms with E-state index in [1.54, 1.807) is 18.3 Å². The highest BCUT2D eigenvalue weighted by Gasteiger charge is 2.17. The van der Waals surface area contributed by atoms with E-state index in [1.807, 2.05) is 16.7 Å². The maximum Gasteiger partial charge on any atom is 0.254 e. The monoisotopic (exact) mass is 256 g/mol. The summed E-state index contributed by atoms with van der Waals surface area (Å²) in [6, 6.07) is 3.34. The molecule has 1 aromatic heterocycles. The minimum atomic E-state index is 0.0619. The van der Waals surface area contributed by atoms with Gasteiger partial charge >= 0.3 is 0 Å². The number of carbonyl (C=O) groups is 1. The normalized spacial score (nSPS) is 16.9. The summed E-state index contributed by atoms with van der Waals surface area (Å²) in [5, 5.41) is 0.370. The fourth-order valence-electron chi connectivity index (χ4n) is 1.67. The van der Waals surface area contributed by atoms with Crippen LogP contribution in [0.25, 0.3) is 0 Å². The number of rotatable bonds is 1. The predicted molar refractivity (Wildman–Crippen MR) is 67.1 cm³/mol. The van der Waals surface area contributed by atoms with Gasteiger partial charge in [-0.2, -0.15) is 11.8 Å². The summed E-state index contributed by atoms with van der Waals surface area (Å²) in [7, 11) is 0. The van der Waals surface area contributed by atoms with Gasteiger partial charge in [0, 0.05) is 30.6 Å². The molecule has 0 saturated carbocycles. The number of aromatic nitrogens is 1. The van der Waals surface area contributed by atoms with Gasteiger partial charge in [0.2, 0.25) is 0 Å². The van der Waals surface area contributed by atoms with E-state index in [9.17, 15) is 4.79 Å². The lowest BCUT2D eigenvalue weighted by molar-refractivity contribution is 0.0768. The zero-order valence-electron chi connectivity index (χ0n) is 8.86. The van der Waals surface area contributed by atoms with E-state index in [4.69, 9.17) is 11.6 Å². The molecule has 1 aliphatic rings. The first-order valence-corrected chi connectivity index (χ1v) is 6.79. The maximum absolute atomic E-state index is 12.1. The van der Waals surface area contributed by atoms with Gasteiger partial charge in [-0.1, -0.05) is 11.6 Å². The van der Waals surface area contributed by atoms with Crippen LogP contribution >= 0.6 is 23.4 Å². The molecule has 0 aromatic carbocycles. The molecule has 3 nitrogen and oxygen atoms in total. The molecule has 1 fully saturated rings. The second-order valence-corrected chi connectivity index (χ2v) is 5.24. The third-order valence-electron chi connectivity index (χ3n) is 2.48. The van der Waals surface area contributed by atoms with Crippen LogP contribution in [0.4, 0.5) is 0 Å². The molecule has 0 atom stereocenters. The Morgan fingerprint density at radius 1 is 1.44 bits per heavy atom. The molecule has 5 heteroatoms. The molecule has 0 radical (unpaired) electrons. The van der Waals surface area contributed by atoms with Gasteiger partial charge in [0.25, 0.3) is 5.91 Å². The van der Waals surface area contributed by atoms with Crippen LogP contribution in [0.1, 0.15) is 16.8 Å². The molecule has 0 unspecified atom stereocenters. The average Bonchev–Trinajstić information content (AvgIpc) is 2.56. The summed E-state index contributed by atoms with van der Waals surface area (Å²) in [5.74, 6) is 2.22. The number of nitrogens with zero attached hydrogens (tertiary/aromatic N) is 2. The van der Waals surface area contributed by atoms with Crippen molar-refractivity contribution < 1.29 is 4.79 Å². The summed E-state index contributed by atoms with van der Waals surface area (Å²) < 4.78 is 0. The summed E-state index contributed by atoms with van der Waals surface area (Å²) in [5.41, 5.74) is 0.631. The van der Waals surface area contributed by atoms with Crippen molar-refractivity contribution in [3.8, 4) is 0 Å². The number of halogens is 1. The Bertz CT molecular complexity index is 378. The Balaban J connectivity index is 2.11.